The van der Waals surface area contributed by atoms with Gasteiger partial charge in [0.25, 0.3) is 0 Å². The summed E-state index contributed by atoms with van der Waals surface area (Å²) in [5.74, 6) is -1.30. The van der Waals surface area contributed by atoms with E-state index >= 15 is 0 Å². The molecule has 9 heteroatoms. The lowest BCUT2D eigenvalue weighted by Gasteiger charge is -2.10. The summed E-state index contributed by atoms with van der Waals surface area (Å²) < 4.78 is 45.7. The second-order valence-corrected chi connectivity index (χ2v) is 7.18. The van der Waals surface area contributed by atoms with Crippen LogP contribution in [0.3, 0.4) is 0 Å². The Morgan fingerprint density at radius 2 is 1.73 bits per heavy atom. The number of hydrogen-bond acceptors (Lipinski definition) is 6. The Morgan fingerprint density at radius 1 is 1.20 bits per heavy atom. The van der Waals surface area contributed by atoms with E-state index < -0.39 is 37.5 Å². The van der Waals surface area contributed by atoms with Crippen LogP contribution in [-0.2, 0) is 19.9 Å². The van der Waals surface area contributed by atoms with Crippen LogP contribution in [0.4, 0.5) is 0 Å². The number of aliphatic hydroxyl groups is 2. The molecule has 0 heterocycles. The van der Waals surface area contributed by atoms with E-state index in [2.05, 4.69) is 0 Å². The summed E-state index contributed by atoms with van der Waals surface area (Å²) in [6.45, 7) is -0.519. The summed E-state index contributed by atoms with van der Waals surface area (Å²) >= 11 is 0. The number of sulfonamides is 1. The molecule has 92 valence electrons. The van der Waals surface area contributed by atoms with Gasteiger partial charge in [-0.25, -0.2) is 21.6 Å². The van der Waals surface area contributed by atoms with Gasteiger partial charge >= 0.3 is 0 Å². The third kappa shape index (κ3) is 8.75. The topological polar surface area (TPSA) is 121 Å². The fraction of sp³-hybridized carbons (Fsp3) is 1.00. The minimum Gasteiger partial charge on any atom is -0.395 e. The highest BCUT2D eigenvalue weighted by Gasteiger charge is 2.20. The zero-order valence-corrected chi connectivity index (χ0v) is 9.88. The van der Waals surface area contributed by atoms with Crippen molar-refractivity contribution in [3.05, 3.63) is 0 Å². The van der Waals surface area contributed by atoms with Gasteiger partial charge in [-0.3, -0.25) is 0 Å². The Balaban J connectivity index is 4.23. The second kappa shape index (κ2) is 5.75. The standard InChI is InChI=1S/C6H15NO6S2/c1-14(10,11)4-6(9)5-15(12,13)7-2-3-8/h6-9H,2-5H2,1H3. The molecule has 0 saturated carbocycles. The molecule has 0 aliphatic rings. The third-order valence-corrected chi connectivity index (χ3v) is 3.80. The first-order valence-electron chi connectivity index (χ1n) is 4.10. The minimum absolute atomic E-state index is 0.159. The van der Waals surface area contributed by atoms with Crippen molar-refractivity contribution in [2.45, 2.75) is 6.10 Å². The molecule has 1 atom stereocenters. The van der Waals surface area contributed by atoms with E-state index in [1.54, 1.807) is 0 Å². The Kier molecular flexibility index (Phi) is 5.67. The molecule has 0 aliphatic heterocycles. The fourth-order valence-corrected chi connectivity index (χ4v) is 3.02. The van der Waals surface area contributed by atoms with Gasteiger partial charge in [0, 0.05) is 12.8 Å². The number of aliphatic hydroxyl groups excluding tert-OH is 2. The van der Waals surface area contributed by atoms with Crippen molar-refractivity contribution in [3.8, 4) is 0 Å². The van der Waals surface area contributed by atoms with Crippen LogP contribution in [0.1, 0.15) is 0 Å². The zero-order valence-electron chi connectivity index (χ0n) is 8.25. The van der Waals surface area contributed by atoms with Crippen molar-refractivity contribution in [1.82, 2.24) is 4.72 Å². The van der Waals surface area contributed by atoms with Gasteiger partial charge in [-0.2, -0.15) is 0 Å². The molecule has 0 fully saturated rings. The first-order valence-corrected chi connectivity index (χ1v) is 7.81. The van der Waals surface area contributed by atoms with Crippen LogP contribution in [-0.4, -0.2) is 64.1 Å². The molecule has 0 aromatic rings. The van der Waals surface area contributed by atoms with E-state index in [1.165, 1.54) is 0 Å². The largest absolute Gasteiger partial charge is 0.395 e. The first-order chi connectivity index (χ1) is 6.66. The van der Waals surface area contributed by atoms with Crippen molar-refractivity contribution in [3.63, 3.8) is 0 Å². The maximum Gasteiger partial charge on any atom is 0.214 e. The molecule has 0 aromatic carbocycles. The summed E-state index contributed by atoms with van der Waals surface area (Å²) in [6, 6.07) is 0. The number of sulfone groups is 1. The highest BCUT2D eigenvalue weighted by atomic mass is 32.2. The van der Waals surface area contributed by atoms with Gasteiger partial charge in [-0.1, -0.05) is 0 Å². The molecular formula is C6H15NO6S2. The van der Waals surface area contributed by atoms with Crippen LogP contribution in [0.5, 0.6) is 0 Å². The minimum atomic E-state index is -3.74. The SMILES string of the molecule is CS(=O)(=O)CC(O)CS(=O)(=O)NCCO. The molecule has 0 aliphatic carbocycles. The lowest BCUT2D eigenvalue weighted by molar-refractivity contribution is 0.219. The molecule has 7 nitrogen and oxygen atoms in total. The summed E-state index contributed by atoms with van der Waals surface area (Å²) in [5.41, 5.74) is 0. The van der Waals surface area contributed by atoms with E-state index in [-0.39, 0.29) is 13.2 Å². The van der Waals surface area contributed by atoms with Gasteiger partial charge in [0.15, 0.2) is 0 Å². The van der Waals surface area contributed by atoms with E-state index in [0.717, 1.165) is 6.26 Å². The molecule has 1 unspecified atom stereocenters. The molecular weight excluding hydrogens is 246 g/mol. The molecule has 0 spiro atoms. The van der Waals surface area contributed by atoms with Crippen molar-refractivity contribution in [2.24, 2.45) is 0 Å². The summed E-state index contributed by atoms with van der Waals surface area (Å²) in [7, 11) is -7.15. The molecule has 0 rings (SSSR count). The Morgan fingerprint density at radius 3 is 2.13 bits per heavy atom. The van der Waals surface area contributed by atoms with E-state index in [4.69, 9.17) is 10.2 Å². The summed E-state index contributed by atoms with van der Waals surface area (Å²) in [5, 5.41) is 17.5. The fourth-order valence-electron chi connectivity index (χ4n) is 0.911. The average Bonchev–Trinajstić information content (AvgIpc) is 1.95. The first kappa shape index (κ1) is 14.8. The van der Waals surface area contributed by atoms with Crippen LogP contribution in [0.25, 0.3) is 0 Å². The molecule has 0 amide bonds. The molecule has 3 N–H and O–H groups in total. The molecule has 0 radical (unpaired) electrons. The highest BCUT2D eigenvalue weighted by Crippen LogP contribution is 1.95. The normalized spacial score (nSPS) is 15.1. The third-order valence-electron chi connectivity index (χ3n) is 1.34. The van der Waals surface area contributed by atoms with Gasteiger partial charge in [-0.15, -0.1) is 0 Å². The number of hydrogen-bond donors (Lipinski definition) is 3. The van der Waals surface area contributed by atoms with Crippen molar-refractivity contribution in [2.75, 3.05) is 30.9 Å². The Labute approximate surface area is 89.1 Å². The lowest BCUT2D eigenvalue weighted by atomic mass is 10.5. The monoisotopic (exact) mass is 261 g/mol. The smallest absolute Gasteiger partial charge is 0.214 e. The predicted octanol–water partition coefficient (Wildman–Crippen LogP) is -2.70. The van der Waals surface area contributed by atoms with E-state index in [0.29, 0.717) is 0 Å². The van der Waals surface area contributed by atoms with Crippen LogP contribution < -0.4 is 4.72 Å². The highest BCUT2D eigenvalue weighted by molar-refractivity contribution is 7.91. The predicted molar refractivity (Wildman–Crippen MR) is 54.6 cm³/mol. The molecule has 0 saturated heterocycles. The summed E-state index contributed by atoms with van der Waals surface area (Å²) in [4.78, 5) is 0. The van der Waals surface area contributed by atoms with Gasteiger partial charge in [-0.05, 0) is 0 Å². The van der Waals surface area contributed by atoms with E-state index in [1.807, 2.05) is 4.72 Å². The average molecular weight is 261 g/mol. The van der Waals surface area contributed by atoms with E-state index in [9.17, 15) is 16.8 Å². The maximum atomic E-state index is 11.1. The van der Waals surface area contributed by atoms with Gasteiger partial charge in [0.1, 0.15) is 9.84 Å². The Bertz CT molecular complexity index is 372. The van der Waals surface area contributed by atoms with Crippen LogP contribution in [0.2, 0.25) is 0 Å². The zero-order chi connectivity index (χ0) is 12.1. The van der Waals surface area contributed by atoms with Gasteiger partial charge in [0.05, 0.1) is 24.2 Å². The van der Waals surface area contributed by atoms with Gasteiger partial charge in [0.2, 0.25) is 10.0 Å². The lowest BCUT2D eigenvalue weighted by Crippen LogP contribution is -2.36. The van der Waals surface area contributed by atoms with Crippen molar-refractivity contribution in [1.29, 1.82) is 0 Å². The molecule has 0 bridgehead atoms. The number of rotatable bonds is 7. The van der Waals surface area contributed by atoms with Crippen molar-refractivity contribution < 1.29 is 27.0 Å². The second-order valence-electron chi connectivity index (χ2n) is 3.15. The summed E-state index contributed by atoms with van der Waals surface area (Å²) in [6.07, 6.45) is -0.555. The van der Waals surface area contributed by atoms with Crippen LogP contribution >= 0.6 is 0 Å². The molecule has 0 aromatic heterocycles. The quantitative estimate of drug-likeness (QED) is 0.459. The number of nitrogens with one attached hydrogen (secondary N) is 1. The Hall–Kier alpha value is -0.220. The molecule has 15 heavy (non-hydrogen) atoms. The van der Waals surface area contributed by atoms with Gasteiger partial charge < -0.3 is 10.2 Å². The van der Waals surface area contributed by atoms with Crippen LogP contribution in [0, 0.1) is 0 Å². The maximum absolute atomic E-state index is 11.1. The van der Waals surface area contributed by atoms with Crippen molar-refractivity contribution >= 4 is 19.9 Å². The van der Waals surface area contributed by atoms with Crippen LogP contribution in [0.15, 0.2) is 0 Å².